The van der Waals surface area contributed by atoms with E-state index in [4.69, 9.17) is 0 Å². The minimum atomic E-state index is -0.189. The van der Waals surface area contributed by atoms with Crippen LogP contribution in [0.5, 0.6) is 0 Å². The molecule has 2 heterocycles. The van der Waals surface area contributed by atoms with Crippen molar-refractivity contribution >= 4 is 22.8 Å². The Labute approximate surface area is 170 Å². The Morgan fingerprint density at radius 1 is 1.21 bits per heavy atom. The number of imidazole rings is 1. The van der Waals surface area contributed by atoms with Crippen molar-refractivity contribution in [2.24, 2.45) is 5.92 Å². The molecule has 1 aromatic heterocycles. The lowest BCUT2D eigenvalue weighted by molar-refractivity contribution is -0.122. The molecule has 0 bridgehead atoms. The Bertz CT molecular complexity index is 1010. The van der Waals surface area contributed by atoms with Crippen LogP contribution in [0.2, 0.25) is 0 Å². The predicted molar refractivity (Wildman–Crippen MR) is 112 cm³/mol. The second kappa shape index (κ2) is 8.07. The second-order valence-electron chi connectivity index (χ2n) is 7.70. The maximum Gasteiger partial charge on any atom is 0.254 e. The summed E-state index contributed by atoms with van der Waals surface area (Å²) in [6, 6.07) is 15.3. The number of para-hydroxylation sites is 2. The SMILES string of the molecule is CC[C@@H](C)[C@@H](NC(=O)CCN1Cc2ccccc2C1=O)c1nc2ccccc2[nH]1. The zero-order valence-electron chi connectivity index (χ0n) is 16.8. The van der Waals surface area contributed by atoms with Gasteiger partial charge in [0, 0.05) is 25.1 Å². The highest BCUT2D eigenvalue weighted by atomic mass is 16.2. The summed E-state index contributed by atoms with van der Waals surface area (Å²) in [6.07, 6.45) is 1.19. The number of hydrogen-bond acceptors (Lipinski definition) is 3. The molecule has 0 spiro atoms. The number of aromatic amines is 1. The number of amides is 2. The number of H-pyrrole nitrogens is 1. The third-order valence-corrected chi connectivity index (χ3v) is 5.74. The molecule has 0 fully saturated rings. The Kier molecular flexibility index (Phi) is 5.34. The molecule has 6 nitrogen and oxygen atoms in total. The molecule has 150 valence electrons. The predicted octanol–water partition coefficient (Wildman–Crippen LogP) is 3.81. The van der Waals surface area contributed by atoms with E-state index >= 15 is 0 Å². The van der Waals surface area contributed by atoms with Crippen molar-refractivity contribution in [2.45, 2.75) is 39.3 Å². The highest BCUT2D eigenvalue weighted by Crippen LogP contribution is 2.25. The number of carbonyl (C=O) groups is 2. The summed E-state index contributed by atoms with van der Waals surface area (Å²) in [6.45, 7) is 5.19. The van der Waals surface area contributed by atoms with E-state index in [-0.39, 0.29) is 30.2 Å². The fraction of sp³-hybridized carbons (Fsp3) is 0.348. The smallest absolute Gasteiger partial charge is 0.254 e. The zero-order valence-corrected chi connectivity index (χ0v) is 16.8. The van der Waals surface area contributed by atoms with Gasteiger partial charge in [-0.15, -0.1) is 0 Å². The van der Waals surface area contributed by atoms with Crippen LogP contribution in [0.4, 0.5) is 0 Å². The molecule has 2 aromatic carbocycles. The van der Waals surface area contributed by atoms with Gasteiger partial charge in [-0.05, 0) is 29.7 Å². The number of fused-ring (bicyclic) bond motifs is 2. The number of carbonyl (C=O) groups excluding carboxylic acids is 2. The van der Waals surface area contributed by atoms with Crippen LogP contribution in [0.15, 0.2) is 48.5 Å². The number of nitrogens with one attached hydrogen (secondary N) is 2. The number of hydrogen-bond donors (Lipinski definition) is 2. The lowest BCUT2D eigenvalue weighted by atomic mass is 9.98. The fourth-order valence-electron chi connectivity index (χ4n) is 3.81. The number of rotatable bonds is 7. The summed E-state index contributed by atoms with van der Waals surface area (Å²) in [4.78, 5) is 35.0. The molecule has 2 amide bonds. The first-order valence-corrected chi connectivity index (χ1v) is 10.2. The van der Waals surface area contributed by atoms with E-state index in [9.17, 15) is 9.59 Å². The molecular formula is C23H26N4O2. The minimum absolute atomic E-state index is 0.00385. The first-order valence-electron chi connectivity index (χ1n) is 10.2. The van der Waals surface area contributed by atoms with Gasteiger partial charge in [-0.2, -0.15) is 0 Å². The molecule has 0 radical (unpaired) electrons. The molecule has 3 aromatic rings. The van der Waals surface area contributed by atoms with Crippen LogP contribution in [0, 0.1) is 5.92 Å². The van der Waals surface area contributed by atoms with Gasteiger partial charge in [0.15, 0.2) is 0 Å². The monoisotopic (exact) mass is 390 g/mol. The molecule has 1 aliphatic heterocycles. The van der Waals surface area contributed by atoms with Crippen molar-refractivity contribution in [2.75, 3.05) is 6.54 Å². The van der Waals surface area contributed by atoms with Crippen molar-refractivity contribution < 1.29 is 9.59 Å². The quantitative estimate of drug-likeness (QED) is 0.644. The van der Waals surface area contributed by atoms with Gasteiger partial charge >= 0.3 is 0 Å². The summed E-state index contributed by atoms with van der Waals surface area (Å²) in [5.74, 6) is 0.944. The number of nitrogens with zero attached hydrogens (tertiary/aromatic N) is 2. The third kappa shape index (κ3) is 3.88. The van der Waals surface area contributed by atoms with Crippen LogP contribution in [0.25, 0.3) is 11.0 Å². The van der Waals surface area contributed by atoms with Gasteiger partial charge in [0.25, 0.3) is 5.91 Å². The lowest BCUT2D eigenvalue weighted by Crippen LogP contribution is -2.36. The fourth-order valence-corrected chi connectivity index (χ4v) is 3.81. The average Bonchev–Trinajstić information content (AvgIpc) is 3.31. The largest absolute Gasteiger partial charge is 0.346 e. The summed E-state index contributed by atoms with van der Waals surface area (Å²) in [7, 11) is 0. The van der Waals surface area contributed by atoms with Gasteiger partial charge in [0.1, 0.15) is 5.82 Å². The molecule has 0 saturated carbocycles. The van der Waals surface area contributed by atoms with Gasteiger partial charge < -0.3 is 15.2 Å². The molecule has 6 heteroatoms. The van der Waals surface area contributed by atoms with Crippen molar-refractivity contribution in [1.82, 2.24) is 20.2 Å². The van der Waals surface area contributed by atoms with E-state index in [0.29, 0.717) is 13.1 Å². The molecule has 0 saturated heterocycles. The molecule has 29 heavy (non-hydrogen) atoms. The third-order valence-electron chi connectivity index (χ3n) is 5.74. The molecular weight excluding hydrogens is 364 g/mol. The Hall–Kier alpha value is -3.15. The Morgan fingerprint density at radius 2 is 1.97 bits per heavy atom. The van der Waals surface area contributed by atoms with Crippen LogP contribution in [-0.4, -0.2) is 33.2 Å². The van der Waals surface area contributed by atoms with Crippen LogP contribution in [-0.2, 0) is 11.3 Å². The molecule has 2 atom stereocenters. The van der Waals surface area contributed by atoms with Gasteiger partial charge in [-0.1, -0.05) is 50.6 Å². The minimum Gasteiger partial charge on any atom is -0.346 e. The summed E-state index contributed by atoms with van der Waals surface area (Å²) < 4.78 is 0. The number of aromatic nitrogens is 2. The van der Waals surface area contributed by atoms with Crippen molar-refractivity contribution in [3.05, 3.63) is 65.5 Å². The van der Waals surface area contributed by atoms with Gasteiger partial charge in [-0.25, -0.2) is 4.98 Å². The van der Waals surface area contributed by atoms with E-state index < -0.39 is 0 Å². The Balaban J connectivity index is 1.42. The summed E-state index contributed by atoms with van der Waals surface area (Å²) in [5, 5.41) is 3.13. The maximum absolute atomic E-state index is 12.7. The Morgan fingerprint density at radius 3 is 2.72 bits per heavy atom. The summed E-state index contributed by atoms with van der Waals surface area (Å²) in [5.41, 5.74) is 3.63. The first-order chi connectivity index (χ1) is 14.1. The maximum atomic E-state index is 12.7. The van der Waals surface area contributed by atoms with E-state index in [1.807, 2.05) is 48.5 Å². The van der Waals surface area contributed by atoms with E-state index in [0.717, 1.165) is 34.4 Å². The van der Waals surface area contributed by atoms with Crippen molar-refractivity contribution in [3.8, 4) is 0 Å². The normalized spacial score (nSPS) is 15.4. The topological polar surface area (TPSA) is 78.1 Å². The molecule has 4 rings (SSSR count). The van der Waals surface area contributed by atoms with Crippen LogP contribution >= 0.6 is 0 Å². The van der Waals surface area contributed by atoms with Gasteiger partial charge in [0.05, 0.1) is 17.1 Å². The van der Waals surface area contributed by atoms with Crippen LogP contribution < -0.4 is 5.32 Å². The molecule has 1 aliphatic rings. The molecule has 0 unspecified atom stereocenters. The van der Waals surface area contributed by atoms with Gasteiger partial charge in [0.2, 0.25) is 5.91 Å². The highest BCUT2D eigenvalue weighted by Gasteiger charge is 2.28. The van der Waals surface area contributed by atoms with E-state index in [2.05, 4.69) is 29.1 Å². The van der Waals surface area contributed by atoms with E-state index in [1.165, 1.54) is 0 Å². The van der Waals surface area contributed by atoms with Crippen LogP contribution in [0.3, 0.4) is 0 Å². The number of benzene rings is 2. The molecule has 0 aliphatic carbocycles. The average molecular weight is 390 g/mol. The zero-order chi connectivity index (χ0) is 20.4. The van der Waals surface area contributed by atoms with E-state index in [1.54, 1.807) is 4.90 Å². The summed E-state index contributed by atoms with van der Waals surface area (Å²) >= 11 is 0. The standard InChI is InChI=1S/C23H26N4O2/c1-3-15(2)21(22-24-18-10-6-7-11-19(18)25-22)26-20(28)12-13-27-14-16-8-4-5-9-17(16)23(27)29/h4-11,15,21H,3,12-14H2,1-2H3,(H,24,25)(H,26,28)/t15-,21-/m1/s1. The second-order valence-corrected chi connectivity index (χ2v) is 7.70. The van der Waals surface area contributed by atoms with Crippen molar-refractivity contribution in [3.63, 3.8) is 0 Å². The first kappa shape index (κ1) is 19.2. The highest BCUT2D eigenvalue weighted by molar-refractivity contribution is 5.98. The van der Waals surface area contributed by atoms with Gasteiger partial charge in [-0.3, -0.25) is 9.59 Å². The van der Waals surface area contributed by atoms with Crippen LogP contribution in [0.1, 0.15) is 54.5 Å². The van der Waals surface area contributed by atoms with Crippen molar-refractivity contribution in [1.29, 1.82) is 0 Å². The molecule has 2 N–H and O–H groups in total. The lowest BCUT2D eigenvalue weighted by Gasteiger charge is -2.23.